The van der Waals surface area contributed by atoms with Crippen molar-refractivity contribution in [2.75, 3.05) is 12.8 Å². The van der Waals surface area contributed by atoms with Crippen LogP contribution in [0.15, 0.2) is 34.5 Å². The first-order valence-electron chi connectivity index (χ1n) is 5.79. The van der Waals surface area contributed by atoms with Gasteiger partial charge in [-0.15, -0.1) is 23.1 Å². The Balaban J connectivity index is 2.13. The summed E-state index contributed by atoms with van der Waals surface area (Å²) in [5.74, 6) is 6.29. The van der Waals surface area contributed by atoms with Gasteiger partial charge in [0.15, 0.2) is 0 Å². The Hall–Kier alpha value is -1.70. The van der Waals surface area contributed by atoms with Crippen molar-refractivity contribution in [3.05, 3.63) is 40.1 Å². The number of thioether (sulfide) groups is 1. The molecule has 0 radical (unpaired) electrons. The van der Waals surface area contributed by atoms with Gasteiger partial charge in [0, 0.05) is 22.4 Å². The number of amides is 1. The predicted octanol–water partition coefficient (Wildman–Crippen LogP) is 2.23. The van der Waals surface area contributed by atoms with E-state index in [1.165, 1.54) is 11.3 Å². The van der Waals surface area contributed by atoms with Gasteiger partial charge in [-0.2, -0.15) is 0 Å². The van der Waals surface area contributed by atoms with Gasteiger partial charge in [0.05, 0.1) is 12.0 Å². The Bertz CT molecular complexity index is 613. The summed E-state index contributed by atoms with van der Waals surface area (Å²) >= 11 is 2.96. The van der Waals surface area contributed by atoms with E-state index in [1.54, 1.807) is 24.9 Å². The highest BCUT2D eigenvalue weighted by Gasteiger charge is 2.13. The van der Waals surface area contributed by atoms with E-state index in [1.807, 2.05) is 23.6 Å². The minimum absolute atomic E-state index is 0.264. The molecule has 0 atom stereocenters. The molecule has 0 unspecified atom stereocenters. The molecule has 5 nitrogen and oxygen atoms in total. The lowest BCUT2D eigenvalue weighted by Crippen LogP contribution is -2.29. The van der Waals surface area contributed by atoms with Crippen LogP contribution in [0.2, 0.25) is 0 Å². The van der Waals surface area contributed by atoms with Gasteiger partial charge in [0.2, 0.25) is 0 Å². The van der Waals surface area contributed by atoms with Gasteiger partial charge < -0.3 is 10.5 Å². The molecule has 0 aliphatic carbocycles. The highest BCUT2D eigenvalue weighted by molar-refractivity contribution is 7.98. The van der Waals surface area contributed by atoms with E-state index in [4.69, 9.17) is 16.3 Å². The number of thiophene rings is 1. The number of methoxy groups -OCH3 is 1. The summed E-state index contributed by atoms with van der Waals surface area (Å²) in [6, 6.07) is 7.44. The Morgan fingerprint density at radius 3 is 2.95 bits per heavy atom. The summed E-state index contributed by atoms with van der Waals surface area (Å²) in [6.07, 6.45) is 0. The normalized spacial score (nSPS) is 10.3. The fourth-order valence-corrected chi connectivity index (χ4v) is 3.59. The molecule has 1 heterocycles. The second-order valence-electron chi connectivity index (χ2n) is 3.95. The van der Waals surface area contributed by atoms with Crippen molar-refractivity contribution in [2.45, 2.75) is 10.6 Å². The summed E-state index contributed by atoms with van der Waals surface area (Å²) in [7, 11) is 1.61. The smallest absolute Gasteiger partial charge is 0.275 e. The molecule has 5 N–H and O–H groups in total. The molecule has 0 saturated heterocycles. The number of nitrogens with two attached hydrogens (primary N) is 2. The number of hydrazine groups is 1. The van der Waals surface area contributed by atoms with Crippen LogP contribution in [0.1, 0.15) is 15.2 Å². The zero-order chi connectivity index (χ0) is 14.5. The maximum absolute atomic E-state index is 11.6. The van der Waals surface area contributed by atoms with Crippen molar-refractivity contribution in [1.82, 2.24) is 5.43 Å². The van der Waals surface area contributed by atoms with Gasteiger partial charge in [-0.25, -0.2) is 5.84 Å². The van der Waals surface area contributed by atoms with Gasteiger partial charge >= 0.3 is 0 Å². The van der Waals surface area contributed by atoms with Crippen molar-refractivity contribution in [2.24, 2.45) is 5.84 Å². The van der Waals surface area contributed by atoms with Crippen LogP contribution >= 0.6 is 23.1 Å². The predicted molar refractivity (Wildman–Crippen MR) is 82.9 cm³/mol. The van der Waals surface area contributed by atoms with Crippen molar-refractivity contribution in [3.63, 3.8) is 0 Å². The summed E-state index contributed by atoms with van der Waals surface area (Å²) in [4.78, 5) is 13.2. The molecule has 0 bridgehead atoms. The zero-order valence-corrected chi connectivity index (χ0v) is 12.5. The van der Waals surface area contributed by atoms with E-state index in [9.17, 15) is 4.79 Å². The summed E-state index contributed by atoms with van der Waals surface area (Å²) in [5.41, 5.74) is 9.48. The maximum atomic E-state index is 11.6. The fourth-order valence-electron chi connectivity index (χ4n) is 1.67. The standard InChI is InChI=1S/C13H15N3O2S2/c1-18-10-6-9(14)2-3-11(10)20-7-8-4-5-19-12(8)13(17)16-15/h2-6H,7,14-15H2,1H3,(H,16,17). The highest BCUT2D eigenvalue weighted by atomic mass is 32.2. The molecule has 0 fully saturated rings. The first kappa shape index (κ1) is 14.7. The molecule has 0 aliphatic heterocycles. The Morgan fingerprint density at radius 1 is 1.45 bits per heavy atom. The zero-order valence-electron chi connectivity index (χ0n) is 10.9. The van der Waals surface area contributed by atoms with E-state index in [0.717, 1.165) is 16.2 Å². The third-order valence-electron chi connectivity index (χ3n) is 2.65. The van der Waals surface area contributed by atoms with Gasteiger partial charge in [0.25, 0.3) is 5.91 Å². The van der Waals surface area contributed by atoms with Crippen LogP contribution < -0.4 is 21.7 Å². The highest BCUT2D eigenvalue weighted by Crippen LogP contribution is 2.34. The molecule has 0 spiro atoms. The molecule has 2 rings (SSSR count). The summed E-state index contributed by atoms with van der Waals surface area (Å²) < 4.78 is 5.30. The first-order chi connectivity index (χ1) is 9.65. The van der Waals surface area contributed by atoms with Crippen LogP contribution in [0.4, 0.5) is 5.69 Å². The van der Waals surface area contributed by atoms with Gasteiger partial charge in [-0.3, -0.25) is 10.2 Å². The second kappa shape index (κ2) is 6.65. The maximum Gasteiger partial charge on any atom is 0.275 e. The Labute approximate surface area is 125 Å². The lowest BCUT2D eigenvalue weighted by Gasteiger charge is -2.09. The van der Waals surface area contributed by atoms with Crippen LogP contribution in [0.5, 0.6) is 5.75 Å². The van der Waals surface area contributed by atoms with E-state index >= 15 is 0 Å². The van der Waals surface area contributed by atoms with E-state index < -0.39 is 0 Å². The monoisotopic (exact) mass is 309 g/mol. The molecule has 0 saturated carbocycles. The van der Waals surface area contributed by atoms with Gasteiger partial charge in [-0.05, 0) is 29.1 Å². The average molecular weight is 309 g/mol. The lowest BCUT2D eigenvalue weighted by atomic mass is 10.3. The number of benzene rings is 1. The summed E-state index contributed by atoms with van der Waals surface area (Å²) in [6.45, 7) is 0. The molecule has 0 aliphatic rings. The molecular weight excluding hydrogens is 294 g/mol. The molecule has 1 amide bonds. The SMILES string of the molecule is COc1cc(N)ccc1SCc1ccsc1C(=O)NN. The summed E-state index contributed by atoms with van der Waals surface area (Å²) in [5, 5.41) is 1.88. The number of rotatable bonds is 5. The average Bonchev–Trinajstić information content (AvgIpc) is 2.93. The van der Waals surface area contributed by atoms with Gasteiger partial charge in [-0.1, -0.05) is 0 Å². The van der Waals surface area contributed by atoms with Crippen LogP contribution in [-0.4, -0.2) is 13.0 Å². The quantitative estimate of drug-likeness (QED) is 0.259. The molecule has 2 aromatic rings. The van der Waals surface area contributed by atoms with Crippen molar-refractivity contribution >= 4 is 34.7 Å². The number of nitrogen functional groups attached to an aromatic ring is 2. The van der Waals surface area contributed by atoms with Crippen LogP contribution in [0.3, 0.4) is 0 Å². The topological polar surface area (TPSA) is 90.4 Å². The third kappa shape index (κ3) is 3.24. The minimum Gasteiger partial charge on any atom is -0.496 e. The minimum atomic E-state index is -0.264. The van der Waals surface area contributed by atoms with Crippen molar-refractivity contribution < 1.29 is 9.53 Å². The Kier molecular flexibility index (Phi) is 4.89. The molecule has 1 aromatic heterocycles. The fraction of sp³-hybridized carbons (Fsp3) is 0.154. The van der Waals surface area contributed by atoms with Crippen molar-refractivity contribution in [3.8, 4) is 5.75 Å². The van der Waals surface area contributed by atoms with Crippen LogP contribution in [-0.2, 0) is 5.75 Å². The third-order valence-corrected chi connectivity index (χ3v) is 4.71. The van der Waals surface area contributed by atoms with E-state index in [2.05, 4.69) is 5.43 Å². The van der Waals surface area contributed by atoms with E-state index in [-0.39, 0.29) is 5.91 Å². The molecular formula is C13H15N3O2S2. The van der Waals surface area contributed by atoms with E-state index in [0.29, 0.717) is 16.3 Å². The largest absolute Gasteiger partial charge is 0.496 e. The molecule has 20 heavy (non-hydrogen) atoms. The van der Waals surface area contributed by atoms with Crippen molar-refractivity contribution in [1.29, 1.82) is 0 Å². The number of nitrogens with one attached hydrogen (secondary N) is 1. The van der Waals surface area contributed by atoms with Crippen LogP contribution in [0, 0.1) is 0 Å². The number of carbonyl (C=O) groups is 1. The number of ether oxygens (including phenoxy) is 1. The number of carbonyl (C=O) groups excluding carboxylic acids is 1. The Morgan fingerprint density at radius 2 is 2.25 bits per heavy atom. The van der Waals surface area contributed by atoms with Gasteiger partial charge in [0.1, 0.15) is 5.75 Å². The first-order valence-corrected chi connectivity index (χ1v) is 7.66. The lowest BCUT2D eigenvalue weighted by molar-refractivity contribution is 0.0957. The van der Waals surface area contributed by atoms with Crippen LogP contribution in [0.25, 0.3) is 0 Å². The number of anilines is 1. The molecule has 7 heteroatoms. The molecule has 1 aromatic carbocycles. The second-order valence-corrected chi connectivity index (χ2v) is 5.88. The molecule has 106 valence electrons. The number of hydrogen-bond acceptors (Lipinski definition) is 6. The number of hydrogen-bond donors (Lipinski definition) is 3.